The Balaban J connectivity index is 0.00000196. The van der Waals surface area contributed by atoms with Crippen LogP contribution in [0.4, 0.5) is 13.2 Å². The number of benzene rings is 1. The molecule has 1 aromatic heterocycles. The maximum absolute atomic E-state index is 12.7. The smallest absolute Gasteiger partial charge is 0.390 e. The number of carbonyl (C=O) groups excluding carboxylic acids is 1. The van der Waals surface area contributed by atoms with E-state index in [4.69, 9.17) is 0 Å². The summed E-state index contributed by atoms with van der Waals surface area (Å²) in [7, 11) is 0. The van der Waals surface area contributed by atoms with Gasteiger partial charge in [0.05, 0.1) is 6.10 Å². The molecule has 28 heavy (non-hydrogen) atoms. The van der Waals surface area contributed by atoms with E-state index in [1.807, 2.05) is 24.3 Å². The highest BCUT2D eigenvalue weighted by Crippen LogP contribution is 2.27. The maximum atomic E-state index is 12.7. The Bertz CT molecular complexity index is 806. The number of pyridine rings is 1. The van der Waals surface area contributed by atoms with E-state index >= 15 is 0 Å². The third kappa shape index (κ3) is 5.81. The SMILES string of the molecule is Cl.Cl.O=C(NCC(O)[C@@H]1Cc2ccccc2CN1)c1ccnc(C(F)(F)F)c1. The minimum Gasteiger partial charge on any atom is -0.390 e. The summed E-state index contributed by atoms with van der Waals surface area (Å²) in [6.45, 7) is 0.549. The van der Waals surface area contributed by atoms with Gasteiger partial charge in [0.2, 0.25) is 0 Å². The number of hydrogen-bond acceptors (Lipinski definition) is 4. The number of amides is 1. The van der Waals surface area contributed by atoms with Crippen molar-refractivity contribution in [1.29, 1.82) is 0 Å². The van der Waals surface area contributed by atoms with E-state index in [-0.39, 0.29) is 43.0 Å². The van der Waals surface area contributed by atoms with Crippen LogP contribution in [-0.4, -0.2) is 34.7 Å². The minimum atomic E-state index is -4.62. The van der Waals surface area contributed by atoms with E-state index in [9.17, 15) is 23.1 Å². The van der Waals surface area contributed by atoms with Crippen molar-refractivity contribution in [3.8, 4) is 0 Å². The molecule has 0 saturated carbocycles. The summed E-state index contributed by atoms with van der Waals surface area (Å²) in [6, 6.07) is 9.52. The van der Waals surface area contributed by atoms with Gasteiger partial charge in [0.15, 0.2) is 0 Å². The van der Waals surface area contributed by atoms with Crippen molar-refractivity contribution in [2.45, 2.75) is 31.3 Å². The second kappa shape index (κ2) is 10.1. The summed E-state index contributed by atoms with van der Waals surface area (Å²) in [6.07, 6.45) is -3.93. The van der Waals surface area contributed by atoms with Crippen molar-refractivity contribution in [2.24, 2.45) is 0 Å². The zero-order valence-electron chi connectivity index (χ0n) is 14.6. The molecule has 1 amide bonds. The first-order valence-corrected chi connectivity index (χ1v) is 8.14. The second-order valence-electron chi connectivity index (χ2n) is 6.17. The van der Waals surface area contributed by atoms with Crippen LogP contribution >= 0.6 is 24.8 Å². The first-order chi connectivity index (χ1) is 12.3. The van der Waals surface area contributed by atoms with Crippen LogP contribution in [0.2, 0.25) is 0 Å². The lowest BCUT2D eigenvalue weighted by molar-refractivity contribution is -0.141. The molecule has 0 aliphatic carbocycles. The third-order valence-electron chi connectivity index (χ3n) is 4.36. The van der Waals surface area contributed by atoms with Gasteiger partial charge in [-0.25, -0.2) is 0 Å². The molecule has 5 nitrogen and oxygen atoms in total. The lowest BCUT2D eigenvalue weighted by Gasteiger charge is -2.30. The summed E-state index contributed by atoms with van der Waals surface area (Å²) in [5, 5.41) is 16.0. The van der Waals surface area contributed by atoms with Gasteiger partial charge in [-0.05, 0) is 29.7 Å². The molecule has 0 radical (unpaired) electrons. The summed E-state index contributed by atoms with van der Waals surface area (Å²) < 4.78 is 38.0. The van der Waals surface area contributed by atoms with E-state index in [0.29, 0.717) is 19.0 Å². The molecule has 1 aliphatic rings. The first kappa shape index (κ1) is 24.2. The van der Waals surface area contributed by atoms with E-state index in [2.05, 4.69) is 15.6 Å². The number of hydrogen-bond donors (Lipinski definition) is 3. The van der Waals surface area contributed by atoms with Crippen molar-refractivity contribution in [2.75, 3.05) is 6.54 Å². The van der Waals surface area contributed by atoms with Gasteiger partial charge in [0.1, 0.15) is 5.69 Å². The Morgan fingerprint density at radius 3 is 2.61 bits per heavy atom. The van der Waals surface area contributed by atoms with Crippen molar-refractivity contribution < 1.29 is 23.1 Å². The first-order valence-electron chi connectivity index (χ1n) is 8.14. The van der Waals surface area contributed by atoms with Crippen molar-refractivity contribution in [3.63, 3.8) is 0 Å². The van der Waals surface area contributed by atoms with E-state index < -0.39 is 23.9 Å². The number of nitrogens with zero attached hydrogens (tertiary/aromatic N) is 1. The Labute approximate surface area is 172 Å². The van der Waals surface area contributed by atoms with Gasteiger partial charge in [-0.1, -0.05) is 24.3 Å². The van der Waals surface area contributed by atoms with Gasteiger partial charge in [-0.3, -0.25) is 9.78 Å². The molecule has 0 spiro atoms. The zero-order valence-corrected chi connectivity index (χ0v) is 16.2. The van der Waals surface area contributed by atoms with Gasteiger partial charge in [-0.15, -0.1) is 24.8 Å². The number of carbonyl (C=O) groups is 1. The Morgan fingerprint density at radius 2 is 1.93 bits per heavy atom. The Kier molecular flexibility index (Phi) is 8.69. The van der Waals surface area contributed by atoms with Gasteiger partial charge in [0.25, 0.3) is 5.91 Å². The summed E-state index contributed by atoms with van der Waals surface area (Å²) >= 11 is 0. The van der Waals surface area contributed by atoms with E-state index in [1.54, 1.807) is 0 Å². The number of alkyl halides is 3. The average molecular weight is 438 g/mol. The lowest BCUT2D eigenvalue weighted by Crippen LogP contribution is -2.49. The fourth-order valence-electron chi connectivity index (χ4n) is 2.92. The normalized spacial score (nSPS) is 16.8. The zero-order chi connectivity index (χ0) is 18.7. The van der Waals surface area contributed by atoms with E-state index in [0.717, 1.165) is 17.3 Å². The Hall–Kier alpha value is -1.87. The highest BCUT2D eigenvalue weighted by molar-refractivity contribution is 5.94. The van der Waals surface area contributed by atoms with Crippen LogP contribution in [-0.2, 0) is 19.1 Å². The number of rotatable bonds is 4. The summed E-state index contributed by atoms with van der Waals surface area (Å²) in [5.74, 6) is -0.687. The predicted molar refractivity (Wildman–Crippen MR) is 103 cm³/mol. The molecule has 2 heterocycles. The minimum absolute atomic E-state index is 0. The van der Waals surface area contributed by atoms with Crippen LogP contribution in [0, 0.1) is 0 Å². The molecule has 10 heteroatoms. The highest BCUT2D eigenvalue weighted by Gasteiger charge is 2.33. The molecular formula is C18H20Cl2F3N3O2. The molecule has 1 aromatic carbocycles. The topological polar surface area (TPSA) is 74.2 Å². The van der Waals surface area contributed by atoms with Gasteiger partial charge in [-0.2, -0.15) is 13.2 Å². The number of halogens is 5. The van der Waals surface area contributed by atoms with Crippen LogP contribution in [0.5, 0.6) is 0 Å². The standard InChI is InChI=1S/C18H18F3N3O2.2ClH/c19-18(20,21)16-8-12(5-6-22-16)17(26)24-10-15(25)14-7-11-3-1-2-4-13(11)9-23-14;;/h1-6,8,14-15,23,25H,7,9-10H2,(H,24,26);2*1H/t14-,15?;;/m0../s1. The molecule has 0 fully saturated rings. The molecule has 1 unspecified atom stereocenters. The Morgan fingerprint density at radius 1 is 1.25 bits per heavy atom. The predicted octanol–water partition coefficient (Wildman–Crippen LogP) is 2.75. The van der Waals surface area contributed by atoms with E-state index in [1.165, 1.54) is 6.07 Å². The molecule has 2 aromatic rings. The van der Waals surface area contributed by atoms with Crippen LogP contribution in [0.3, 0.4) is 0 Å². The van der Waals surface area contributed by atoms with Crippen LogP contribution < -0.4 is 10.6 Å². The number of nitrogens with one attached hydrogen (secondary N) is 2. The van der Waals surface area contributed by atoms with Crippen molar-refractivity contribution in [3.05, 3.63) is 65.0 Å². The second-order valence-corrected chi connectivity index (χ2v) is 6.17. The molecule has 3 rings (SSSR count). The van der Waals surface area contributed by atoms with Crippen LogP contribution in [0.25, 0.3) is 0 Å². The number of aromatic nitrogens is 1. The number of aliphatic hydroxyl groups is 1. The van der Waals surface area contributed by atoms with Crippen molar-refractivity contribution in [1.82, 2.24) is 15.6 Å². The largest absolute Gasteiger partial charge is 0.433 e. The van der Waals surface area contributed by atoms with Gasteiger partial charge >= 0.3 is 6.18 Å². The van der Waals surface area contributed by atoms with Crippen LogP contribution in [0.15, 0.2) is 42.6 Å². The molecule has 0 bridgehead atoms. The average Bonchev–Trinajstić information content (AvgIpc) is 2.64. The summed E-state index contributed by atoms with van der Waals surface area (Å²) in [5.41, 5.74) is 1.01. The fraction of sp³-hybridized carbons (Fsp3) is 0.333. The summed E-state index contributed by atoms with van der Waals surface area (Å²) in [4.78, 5) is 15.3. The molecule has 154 valence electrons. The molecule has 2 atom stereocenters. The van der Waals surface area contributed by atoms with Gasteiger partial charge < -0.3 is 15.7 Å². The lowest BCUT2D eigenvalue weighted by atomic mass is 9.93. The fourth-order valence-corrected chi connectivity index (χ4v) is 2.92. The van der Waals surface area contributed by atoms with Crippen molar-refractivity contribution >= 4 is 30.7 Å². The maximum Gasteiger partial charge on any atom is 0.433 e. The molecular weight excluding hydrogens is 418 g/mol. The molecule has 1 aliphatic heterocycles. The number of fused-ring (bicyclic) bond motifs is 1. The van der Waals surface area contributed by atoms with Gasteiger partial charge in [0, 0.05) is 30.9 Å². The number of aliphatic hydroxyl groups excluding tert-OH is 1. The molecule has 0 saturated heterocycles. The third-order valence-corrected chi connectivity index (χ3v) is 4.36. The highest BCUT2D eigenvalue weighted by atomic mass is 35.5. The van der Waals surface area contributed by atoms with Crippen LogP contribution in [0.1, 0.15) is 27.2 Å². The quantitative estimate of drug-likeness (QED) is 0.687. The molecule has 3 N–H and O–H groups in total. The monoisotopic (exact) mass is 437 g/mol.